The molecule has 0 bridgehead atoms. The van der Waals surface area contributed by atoms with Gasteiger partial charge in [-0.15, -0.1) is 0 Å². The smallest absolute Gasteiger partial charge is 0.0726 e. The van der Waals surface area contributed by atoms with Gasteiger partial charge in [-0.3, -0.25) is 0 Å². The van der Waals surface area contributed by atoms with Gasteiger partial charge in [0.25, 0.3) is 0 Å². The van der Waals surface area contributed by atoms with E-state index in [9.17, 15) is 5.11 Å². The first-order chi connectivity index (χ1) is 5.69. The molecule has 1 heteroatoms. The van der Waals surface area contributed by atoms with Crippen molar-refractivity contribution in [3.8, 4) is 0 Å². The molecule has 78 valence electrons. The molecule has 13 heavy (non-hydrogen) atoms. The van der Waals surface area contributed by atoms with E-state index in [1.165, 1.54) is 0 Å². The lowest BCUT2D eigenvalue weighted by Crippen LogP contribution is -2.48. The summed E-state index contributed by atoms with van der Waals surface area (Å²) in [6.07, 6.45) is 2.19. The van der Waals surface area contributed by atoms with Crippen molar-refractivity contribution < 1.29 is 5.11 Å². The fourth-order valence-electron chi connectivity index (χ4n) is 3.13. The Morgan fingerprint density at radius 1 is 1.23 bits per heavy atom. The molecule has 1 N–H and O–H groups in total. The molecule has 0 amide bonds. The molecule has 1 nitrogen and oxygen atoms in total. The van der Waals surface area contributed by atoms with Crippen LogP contribution in [0.4, 0.5) is 0 Å². The number of hydrogen-bond acceptors (Lipinski definition) is 1. The zero-order valence-electron chi connectivity index (χ0n) is 9.94. The molecule has 1 rings (SSSR count). The topological polar surface area (TPSA) is 20.2 Å². The average Bonchev–Trinajstić information content (AvgIpc) is 2.10. The standard InChI is InChI=1S/C12H24O/c1-7-11(5)9(2)8-10(3,4)12(11,6)13/h9,13H,7-8H2,1-6H3. The zero-order valence-corrected chi connectivity index (χ0v) is 9.94. The second-order valence-corrected chi connectivity index (χ2v) is 5.83. The lowest BCUT2D eigenvalue weighted by atomic mass is 9.65. The zero-order chi connectivity index (χ0) is 10.5. The Labute approximate surface area is 82.5 Å². The van der Waals surface area contributed by atoms with Crippen molar-refractivity contribution in [2.45, 2.75) is 60.0 Å². The van der Waals surface area contributed by atoms with E-state index < -0.39 is 5.60 Å². The lowest BCUT2D eigenvalue weighted by molar-refractivity contribution is -0.109. The van der Waals surface area contributed by atoms with Gasteiger partial charge < -0.3 is 5.11 Å². The monoisotopic (exact) mass is 184 g/mol. The third-order valence-electron chi connectivity index (χ3n) is 5.07. The molecular formula is C12H24O. The molecule has 0 aromatic carbocycles. The van der Waals surface area contributed by atoms with Gasteiger partial charge in [0, 0.05) is 0 Å². The quantitative estimate of drug-likeness (QED) is 0.663. The number of rotatable bonds is 1. The van der Waals surface area contributed by atoms with Crippen molar-refractivity contribution >= 4 is 0 Å². The van der Waals surface area contributed by atoms with Gasteiger partial charge in [-0.25, -0.2) is 0 Å². The van der Waals surface area contributed by atoms with Gasteiger partial charge in [0.15, 0.2) is 0 Å². The highest BCUT2D eigenvalue weighted by molar-refractivity contribution is 5.10. The fourth-order valence-corrected chi connectivity index (χ4v) is 3.13. The van der Waals surface area contributed by atoms with Crippen molar-refractivity contribution in [1.29, 1.82) is 0 Å². The maximum Gasteiger partial charge on any atom is 0.0726 e. The predicted octanol–water partition coefficient (Wildman–Crippen LogP) is 3.22. The highest BCUT2D eigenvalue weighted by atomic mass is 16.3. The van der Waals surface area contributed by atoms with Gasteiger partial charge in [-0.05, 0) is 36.5 Å². The average molecular weight is 184 g/mol. The van der Waals surface area contributed by atoms with Crippen LogP contribution in [-0.2, 0) is 0 Å². The van der Waals surface area contributed by atoms with E-state index in [4.69, 9.17) is 0 Å². The number of aliphatic hydroxyl groups is 1. The van der Waals surface area contributed by atoms with E-state index in [2.05, 4.69) is 34.6 Å². The molecular weight excluding hydrogens is 160 g/mol. The minimum Gasteiger partial charge on any atom is -0.389 e. The summed E-state index contributed by atoms with van der Waals surface area (Å²) in [5, 5.41) is 10.6. The SMILES string of the molecule is CCC1(C)C(C)CC(C)(C)C1(C)O. The second kappa shape index (κ2) is 2.73. The summed E-state index contributed by atoms with van der Waals surface area (Å²) in [5.74, 6) is 0.613. The predicted molar refractivity (Wildman–Crippen MR) is 56.6 cm³/mol. The molecule has 0 aromatic rings. The minimum atomic E-state index is -0.534. The first-order valence-corrected chi connectivity index (χ1v) is 5.41. The first kappa shape index (κ1) is 11.0. The van der Waals surface area contributed by atoms with Crippen molar-refractivity contribution in [1.82, 2.24) is 0 Å². The summed E-state index contributed by atoms with van der Waals surface area (Å²) >= 11 is 0. The summed E-state index contributed by atoms with van der Waals surface area (Å²) in [7, 11) is 0. The maximum atomic E-state index is 10.6. The third kappa shape index (κ3) is 1.16. The Morgan fingerprint density at radius 3 is 1.85 bits per heavy atom. The molecule has 0 heterocycles. The van der Waals surface area contributed by atoms with E-state index in [1.54, 1.807) is 0 Å². The van der Waals surface area contributed by atoms with Crippen LogP contribution in [-0.4, -0.2) is 10.7 Å². The maximum absolute atomic E-state index is 10.6. The fraction of sp³-hybridized carbons (Fsp3) is 1.00. The first-order valence-electron chi connectivity index (χ1n) is 5.41. The third-order valence-corrected chi connectivity index (χ3v) is 5.07. The van der Waals surface area contributed by atoms with Crippen molar-refractivity contribution in [2.24, 2.45) is 16.7 Å². The van der Waals surface area contributed by atoms with Crippen LogP contribution in [0.2, 0.25) is 0 Å². The van der Waals surface area contributed by atoms with Crippen molar-refractivity contribution in [2.75, 3.05) is 0 Å². The van der Waals surface area contributed by atoms with E-state index in [0.29, 0.717) is 5.92 Å². The molecule has 0 radical (unpaired) electrons. The van der Waals surface area contributed by atoms with Gasteiger partial charge in [0.1, 0.15) is 0 Å². The Kier molecular flexibility index (Phi) is 2.31. The van der Waals surface area contributed by atoms with Gasteiger partial charge in [-0.2, -0.15) is 0 Å². The van der Waals surface area contributed by atoms with Crippen LogP contribution in [0, 0.1) is 16.7 Å². The van der Waals surface area contributed by atoms with Crippen LogP contribution < -0.4 is 0 Å². The minimum absolute atomic E-state index is 0.0528. The van der Waals surface area contributed by atoms with Gasteiger partial charge in [0.2, 0.25) is 0 Å². The Hall–Kier alpha value is -0.0400. The molecule has 1 aliphatic rings. The Morgan fingerprint density at radius 2 is 1.69 bits per heavy atom. The summed E-state index contributed by atoms with van der Waals surface area (Å²) in [6, 6.07) is 0. The van der Waals surface area contributed by atoms with Crippen LogP contribution in [0.3, 0.4) is 0 Å². The lowest BCUT2D eigenvalue weighted by Gasteiger charge is -2.45. The molecule has 1 fully saturated rings. The molecule has 1 saturated carbocycles. The second-order valence-electron chi connectivity index (χ2n) is 5.83. The Balaban J connectivity index is 3.13. The van der Waals surface area contributed by atoms with Crippen LogP contribution in [0.5, 0.6) is 0 Å². The van der Waals surface area contributed by atoms with Crippen LogP contribution in [0.15, 0.2) is 0 Å². The van der Waals surface area contributed by atoms with Gasteiger partial charge in [-0.1, -0.05) is 34.6 Å². The summed E-state index contributed by atoms with van der Waals surface area (Å²) in [5.41, 5.74) is -0.401. The Bertz CT molecular complexity index is 202. The van der Waals surface area contributed by atoms with Crippen LogP contribution >= 0.6 is 0 Å². The van der Waals surface area contributed by atoms with E-state index in [-0.39, 0.29) is 10.8 Å². The summed E-state index contributed by atoms with van der Waals surface area (Å²) in [6.45, 7) is 13.1. The molecule has 0 saturated heterocycles. The van der Waals surface area contributed by atoms with E-state index >= 15 is 0 Å². The molecule has 3 atom stereocenters. The molecule has 0 aromatic heterocycles. The van der Waals surface area contributed by atoms with Gasteiger partial charge >= 0.3 is 0 Å². The summed E-state index contributed by atoms with van der Waals surface area (Å²) in [4.78, 5) is 0. The summed E-state index contributed by atoms with van der Waals surface area (Å²) < 4.78 is 0. The normalized spacial score (nSPS) is 49.6. The molecule has 3 unspecified atom stereocenters. The molecule has 0 aliphatic heterocycles. The highest BCUT2D eigenvalue weighted by Gasteiger charge is 2.60. The van der Waals surface area contributed by atoms with Crippen LogP contribution in [0.1, 0.15) is 54.4 Å². The molecule has 0 spiro atoms. The number of hydrogen-bond donors (Lipinski definition) is 1. The highest BCUT2D eigenvalue weighted by Crippen LogP contribution is 2.60. The largest absolute Gasteiger partial charge is 0.389 e. The van der Waals surface area contributed by atoms with Crippen molar-refractivity contribution in [3.05, 3.63) is 0 Å². The van der Waals surface area contributed by atoms with Crippen LogP contribution in [0.25, 0.3) is 0 Å². The van der Waals surface area contributed by atoms with E-state index in [1.807, 2.05) is 6.92 Å². The van der Waals surface area contributed by atoms with E-state index in [0.717, 1.165) is 12.8 Å². The molecule has 1 aliphatic carbocycles. The van der Waals surface area contributed by atoms with Gasteiger partial charge in [0.05, 0.1) is 5.60 Å². The van der Waals surface area contributed by atoms with Crippen molar-refractivity contribution in [3.63, 3.8) is 0 Å².